The first kappa shape index (κ1) is 15.6. The number of halogens is 2. The molecule has 0 atom stereocenters. The number of ether oxygens (including phenoxy) is 1. The van der Waals surface area contributed by atoms with E-state index in [1.54, 1.807) is 18.2 Å². The third-order valence-electron chi connectivity index (χ3n) is 2.73. The van der Waals surface area contributed by atoms with Crippen LogP contribution in [0.2, 0.25) is 10.0 Å². The van der Waals surface area contributed by atoms with Gasteiger partial charge in [-0.05, 0) is 31.3 Å². The lowest BCUT2D eigenvalue weighted by atomic mass is 10.2. The van der Waals surface area contributed by atoms with Crippen LogP contribution in [0.4, 0.5) is 5.69 Å². The summed E-state index contributed by atoms with van der Waals surface area (Å²) in [6.45, 7) is 0.580. The van der Waals surface area contributed by atoms with Gasteiger partial charge in [0.05, 0.1) is 4.92 Å². The Hall–Kier alpha value is -1.82. The van der Waals surface area contributed by atoms with Crippen molar-refractivity contribution in [2.75, 3.05) is 7.05 Å². The summed E-state index contributed by atoms with van der Waals surface area (Å²) in [4.78, 5) is 10.2. The monoisotopic (exact) mass is 326 g/mol. The maximum Gasteiger partial charge on any atom is 0.288 e. The van der Waals surface area contributed by atoms with Crippen LogP contribution >= 0.6 is 23.2 Å². The Balaban J connectivity index is 2.30. The molecular weight excluding hydrogens is 315 g/mol. The van der Waals surface area contributed by atoms with Gasteiger partial charge in [0.25, 0.3) is 5.69 Å². The molecule has 0 unspecified atom stereocenters. The Morgan fingerprint density at radius 1 is 1.24 bits per heavy atom. The van der Waals surface area contributed by atoms with Crippen LogP contribution in [0.1, 0.15) is 5.56 Å². The molecule has 0 aliphatic heterocycles. The van der Waals surface area contributed by atoms with Gasteiger partial charge in [-0.3, -0.25) is 10.1 Å². The number of nitro benzene ring substituents is 1. The average Bonchev–Trinajstić information content (AvgIpc) is 2.42. The number of benzene rings is 2. The minimum Gasteiger partial charge on any atom is -0.457 e. The fourth-order valence-corrected chi connectivity index (χ4v) is 2.24. The van der Waals surface area contributed by atoms with Gasteiger partial charge in [0.1, 0.15) is 16.5 Å². The SMILES string of the molecule is CNCc1cc(Cl)ccc1Oc1ccc([N+](=O)[O-])c(Cl)c1. The molecule has 1 N–H and O–H groups in total. The topological polar surface area (TPSA) is 64.4 Å². The second-order valence-corrected chi connectivity index (χ2v) is 5.10. The van der Waals surface area contributed by atoms with Crippen molar-refractivity contribution in [3.63, 3.8) is 0 Å². The summed E-state index contributed by atoms with van der Waals surface area (Å²) >= 11 is 11.8. The average molecular weight is 327 g/mol. The third kappa shape index (κ3) is 3.85. The zero-order valence-corrected chi connectivity index (χ0v) is 12.6. The van der Waals surface area contributed by atoms with Gasteiger partial charge in [-0.25, -0.2) is 0 Å². The van der Waals surface area contributed by atoms with Gasteiger partial charge in [-0.1, -0.05) is 23.2 Å². The van der Waals surface area contributed by atoms with Crippen LogP contribution in [-0.2, 0) is 6.54 Å². The van der Waals surface area contributed by atoms with Crippen LogP contribution in [0.15, 0.2) is 36.4 Å². The predicted octanol–water partition coefficient (Wildman–Crippen LogP) is 4.41. The maximum atomic E-state index is 10.7. The van der Waals surface area contributed by atoms with E-state index in [1.165, 1.54) is 18.2 Å². The highest BCUT2D eigenvalue weighted by molar-refractivity contribution is 6.32. The fourth-order valence-electron chi connectivity index (χ4n) is 1.80. The normalized spacial score (nSPS) is 10.4. The maximum absolute atomic E-state index is 10.7. The van der Waals surface area contributed by atoms with E-state index in [0.717, 1.165) is 5.56 Å². The lowest BCUT2D eigenvalue weighted by Crippen LogP contribution is -2.06. The van der Waals surface area contributed by atoms with Crippen LogP contribution < -0.4 is 10.1 Å². The Kier molecular flexibility index (Phi) is 5.01. The molecule has 0 radical (unpaired) electrons. The molecule has 0 aromatic heterocycles. The first-order valence-electron chi connectivity index (χ1n) is 6.06. The van der Waals surface area contributed by atoms with Crippen LogP contribution in [0, 0.1) is 10.1 Å². The lowest BCUT2D eigenvalue weighted by Gasteiger charge is -2.11. The van der Waals surface area contributed by atoms with E-state index in [9.17, 15) is 10.1 Å². The van der Waals surface area contributed by atoms with E-state index < -0.39 is 4.92 Å². The molecule has 2 aromatic carbocycles. The molecule has 0 fully saturated rings. The molecule has 0 aliphatic rings. The fraction of sp³-hybridized carbons (Fsp3) is 0.143. The molecule has 0 saturated heterocycles. The molecule has 0 saturated carbocycles. The van der Waals surface area contributed by atoms with Gasteiger partial charge in [0, 0.05) is 29.3 Å². The molecular formula is C14H12Cl2N2O3. The van der Waals surface area contributed by atoms with Gasteiger partial charge >= 0.3 is 0 Å². The van der Waals surface area contributed by atoms with Crippen molar-refractivity contribution in [2.24, 2.45) is 0 Å². The van der Waals surface area contributed by atoms with Gasteiger partial charge < -0.3 is 10.1 Å². The van der Waals surface area contributed by atoms with E-state index in [2.05, 4.69) is 5.32 Å². The zero-order chi connectivity index (χ0) is 15.4. The van der Waals surface area contributed by atoms with Crippen LogP contribution in [0.3, 0.4) is 0 Å². The van der Waals surface area contributed by atoms with Crippen molar-refractivity contribution in [1.82, 2.24) is 5.32 Å². The van der Waals surface area contributed by atoms with E-state index >= 15 is 0 Å². The quantitative estimate of drug-likeness (QED) is 0.652. The van der Waals surface area contributed by atoms with E-state index in [1.807, 2.05) is 7.05 Å². The Bertz CT molecular complexity index is 677. The Labute approximate surface area is 131 Å². The summed E-state index contributed by atoms with van der Waals surface area (Å²) in [5.74, 6) is 1.03. The van der Waals surface area contributed by atoms with Crippen LogP contribution in [-0.4, -0.2) is 12.0 Å². The molecule has 0 aliphatic carbocycles. The van der Waals surface area contributed by atoms with Gasteiger partial charge in [-0.2, -0.15) is 0 Å². The Morgan fingerprint density at radius 3 is 2.62 bits per heavy atom. The van der Waals surface area contributed by atoms with Crippen LogP contribution in [0.25, 0.3) is 0 Å². The van der Waals surface area contributed by atoms with Crippen molar-refractivity contribution in [3.8, 4) is 11.5 Å². The summed E-state index contributed by atoms with van der Waals surface area (Å²) in [7, 11) is 1.81. The smallest absolute Gasteiger partial charge is 0.288 e. The highest BCUT2D eigenvalue weighted by Gasteiger charge is 2.13. The minimum absolute atomic E-state index is 0.0293. The van der Waals surface area contributed by atoms with Gasteiger partial charge in [-0.15, -0.1) is 0 Å². The van der Waals surface area contributed by atoms with Gasteiger partial charge in [0.2, 0.25) is 0 Å². The minimum atomic E-state index is -0.541. The number of nitrogens with zero attached hydrogens (tertiary/aromatic N) is 1. The number of hydrogen-bond acceptors (Lipinski definition) is 4. The second-order valence-electron chi connectivity index (χ2n) is 4.25. The molecule has 7 heteroatoms. The summed E-state index contributed by atoms with van der Waals surface area (Å²) in [6.07, 6.45) is 0. The molecule has 110 valence electrons. The number of hydrogen-bond donors (Lipinski definition) is 1. The third-order valence-corrected chi connectivity index (χ3v) is 3.27. The van der Waals surface area contributed by atoms with Crippen molar-refractivity contribution in [2.45, 2.75) is 6.54 Å². The van der Waals surface area contributed by atoms with E-state index in [4.69, 9.17) is 27.9 Å². The highest BCUT2D eigenvalue weighted by atomic mass is 35.5. The lowest BCUT2D eigenvalue weighted by molar-refractivity contribution is -0.384. The molecule has 0 spiro atoms. The zero-order valence-electron chi connectivity index (χ0n) is 11.1. The first-order chi connectivity index (χ1) is 10.0. The Morgan fingerprint density at radius 2 is 2.00 bits per heavy atom. The number of nitro groups is 1. The predicted molar refractivity (Wildman–Crippen MR) is 82.4 cm³/mol. The standard InChI is InChI=1S/C14H12Cl2N2O3/c1-17-8-9-6-10(15)2-5-14(9)21-11-3-4-13(18(19)20)12(16)7-11/h2-7,17H,8H2,1H3. The molecule has 2 aromatic rings. The molecule has 2 rings (SSSR count). The summed E-state index contributed by atoms with van der Waals surface area (Å²) in [6, 6.07) is 9.47. The van der Waals surface area contributed by atoms with Gasteiger partial charge in [0.15, 0.2) is 0 Å². The summed E-state index contributed by atoms with van der Waals surface area (Å²) < 4.78 is 5.73. The van der Waals surface area contributed by atoms with Crippen molar-refractivity contribution in [1.29, 1.82) is 0 Å². The largest absolute Gasteiger partial charge is 0.457 e. The molecule has 0 bridgehead atoms. The molecule has 5 nitrogen and oxygen atoms in total. The summed E-state index contributed by atoms with van der Waals surface area (Å²) in [5.41, 5.74) is 0.718. The second kappa shape index (κ2) is 6.76. The molecule has 21 heavy (non-hydrogen) atoms. The van der Waals surface area contributed by atoms with Crippen molar-refractivity contribution >= 4 is 28.9 Å². The van der Waals surface area contributed by atoms with E-state index in [-0.39, 0.29) is 10.7 Å². The molecule has 0 heterocycles. The summed E-state index contributed by atoms with van der Waals surface area (Å²) in [5, 5.41) is 14.4. The highest BCUT2D eigenvalue weighted by Crippen LogP contribution is 2.33. The first-order valence-corrected chi connectivity index (χ1v) is 6.81. The van der Waals surface area contributed by atoms with Crippen LogP contribution in [0.5, 0.6) is 11.5 Å². The van der Waals surface area contributed by atoms with Crippen molar-refractivity contribution < 1.29 is 9.66 Å². The molecule has 0 amide bonds. The van der Waals surface area contributed by atoms with Crippen molar-refractivity contribution in [3.05, 3.63) is 62.1 Å². The number of rotatable bonds is 5. The van der Waals surface area contributed by atoms with E-state index in [0.29, 0.717) is 23.1 Å². The number of nitrogens with one attached hydrogen (secondary N) is 1.